The lowest BCUT2D eigenvalue weighted by molar-refractivity contribution is -0.145. The van der Waals surface area contributed by atoms with Gasteiger partial charge in [-0.3, -0.25) is 4.79 Å². The van der Waals surface area contributed by atoms with Crippen LogP contribution in [-0.2, 0) is 14.3 Å². The molecule has 1 atom stereocenters. The molecule has 3 nitrogen and oxygen atoms in total. The number of carbonyl (C=O) groups excluding carboxylic acids is 2. The van der Waals surface area contributed by atoms with Crippen LogP contribution in [0.3, 0.4) is 0 Å². The average molecular weight is 192 g/mol. The smallest absolute Gasteiger partial charge is 0.331 e. The molecule has 1 rings (SSSR count). The topological polar surface area (TPSA) is 43.4 Å². The molecule has 0 N–H and O–H groups in total. The van der Waals surface area contributed by atoms with E-state index >= 15 is 0 Å². The quantitative estimate of drug-likeness (QED) is 0.492. The zero-order valence-corrected chi connectivity index (χ0v) is 8.24. The molecule has 0 spiro atoms. The van der Waals surface area contributed by atoms with Gasteiger partial charge in [0.15, 0.2) is 5.78 Å². The summed E-state index contributed by atoms with van der Waals surface area (Å²) in [5.41, 5.74) is -0.112. The maximum absolute atomic E-state index is 11.0. The van der Waals surface area contributed by atoms with Gasteiger partial charge >= 0.3 is 5.97 Å². The second kappa shape index (κ2) is 3.62. The minimum Gasteiger partial charge on any atom is -0.447 e. The lowest BCUT2D eigenvalue weighted by atomic mass is 9.91. The van der Waals surface area contributed by atoms with Gasteiger partial charge in [0.05, 0.1) is 0 Å². The Morgan fingerprint density at radius 1 is 1.64 bits per heavy atom. The molecule has 1 unspecified atom stereocenters. The van der Waals surface area contributed by atoms with E-state index in [-0.39, 0.29) is 5.78 Å². The number of allylic oxidation sites excluding steroid dienone is 2. The molecule has 3 heteroatoms. The summed E-state index contributed by atoms with van der Waals surface area (Å²) in [4.78, 5) is 22.0. The van der Waals surface area contributed by atoms with E-state index in [1.165, 1.54) is 12.2 Å². The Hall–Kier alpha value is -1.64. The predicted molar refractivity (Wildman–Crippen MR) is 52.6 cm³/mol. The van der Waals surface area contributed by atoms with Crippen molar-refractivity contribution in [1.82, 2.24) is 0 Å². The van der Waals surface area contributed by atoms with Gasteiger partial charge in [0, 0.05) is 6.08 Å². The summed E-state index contributed by atoms with van der Waals surface area (Å²) in [5.74, 6) is -0.589. The van der Waals surface area contributed by atoms with E-state index in [4.69, 9.17) is 4.74 Å². The van der Waals surface area contributed by atoms with Gasteiger partial charge in [-0.05, 0) is 37.6 Å². The van der Waals surface area contributed by atoms with Gasteiger partial charge < -0.3 is 4.74 Å². The Morgan fingerprint density at radius 2 is 2.29 bits per heavy atom. The Labute approximate surface area is 82.8 Å². The predicted octanol–water partition coefficient (Wildman–Crippen LogP) is 1.56. The van der Waals surface area contributed by atoms with Crippen molar-refractivity contribution in [3.63, 3.8) is 0 Å². The van der Waals surface area contributed by atoms with Crippen LogP contribution < -0.4 is 0 Å². The van der Waals surface area contributed by atoms with E-state index < -0.39 is 11.6 Å². The third kappa shape index (κ3) is 1.99. The number of carbonyl (C=O) groups is 2. The number of hydrogen-bond donors (Lipinski definition) is 0. The minimum atomic E-state index is -0.820. The molecule has 0 saturated heterocycles. The van der Waals surface area contributed by atoms with Crippen LogP contribution in [0.15, 0.2) is 36.5 Å². The van der Waals surface area contributed by atoms with E-state index in [1.807, 2.05) is 0 Å². The van der Waals surface area contributed by atoms with Gasteiger partial charge in [-0.15, -0.1) is 0 Å². The lowest BCUT2D eigenvalue weighted by Gasteiger charge is -2.28. The molecule has 0 bridgehead atoms. The molecular weight excluding hydrogens is 180 g/mol. The average Bonchev–Trinajstić information content (AvgIpc) is 2.12. The van der Waals surface area contributed by atoms with E-state index in [0.717, 1.165) is 6.08 Å². The summed E-state index contributed by atoms with van der Waals surface area (Å²) in [6.45, 7) is 6.79. The number of hydrogen-bond acceptors (Lipinski definition) is 3. The molecule has 1 aliphatic rings. The van der Waals surface area contributed by atoms with Gasteiger partial charge in [0.2, 0.25) is 0 Å². The van der Waals surface area contributed by atoms with Crippen molar-refractivity contribution >= 4 is 11.8 Å². The highest BCUT2D eigenvalue weighted by Crippen LogP contribution is 2.26. The summed E-state index contributed by atoms with van der Waals surface area (Å²) in [6.07, 6.45) is 5.52. The Morgan fingerprint density at radius 3 is 2.79 bits per heavy atom. The van der Waals surface area contributed by atoms with Crippen molar-refractivity contribution in [3.8, 4) is 0 Å². The molecule has 0 aliphatic heterocycles. The van der Waals surface area contributed by atoms with E-state index in [1.54, 1.807) is 19.9 Å². The van der Waals surface area contributed by atoms with Crippen molar-refractivity contribution in [3.05, 3.63) is 36.5 Å². The second-order valence-corrected chi connectivity index (χ2v) is 3.30. The van der Waals surface area contributed by atoms with E-state index in [0.29, 0.717) is 5.57 Å². The summed E-state index contributed by atoms with van der Waals surface area (Å²) < 4.78 is 5.12. The van der Waals surface area contributed by atoms with Crippen molar-refractivity contribution in [2.75, 3.05) is 0 Å². The van der Waals surface area contributed by atoms with Gasteiger partial charge in [0.25, 0.3) is 0 Å². The fourth-order valence-corrected chi connectivity index (χ4v) is 1.14. The van der Waals surface area contributed by atoms with Crippen LogP contribution >= 0.6 is 0 Å². The second-order valence-electron chi connectivity index (χ2n) is 3.30. The minimum absolute atomic E-state index is 0.0883. The fraction of sp³-hybridized carbons (Fsp3) is 0.273. The zero-order chi connectivity index (χ0) is 10.8. The molecule has 0 aromatic rings. The van der Waals surface area contributed by atoms with Gasteiger partial charge in [0.1, 0.15) is 5.60 Å². The normalized spacial score (nSPS) is 25.6. The summed E-state index contributed by atoms with van der Waals surface area (Å²) in [6, 6.07) is 0. The van der Waals surface area contributed by atoms with Gasteiger partial charge in [-0.2, -0.15) is 0 Å². The van der Waals surface area contributed by atoms with Crippen molar-refractivity contribution in [1.29, 1.82) is 0 Å². The van der Waals surface area contributed by atoms with Crippen LogP contribution in [0.1, 0.15) is 13.8 Å². The maximum atomic E-state index is 11.0. The number of esters is 1. The van der Waals surface area contributed by atoms with Crippen molar-refractivity contribution in [2.45, 2.75) is 19.4 Å². The highest BCUT2D eigenvalue weighted by atomic mass is 16.6. The van der Waals surface area contributed by atoms with Crippen molar-refractivity contribution in [2.24, 2.45) is 0 Å². The first-order valence-electron chi connectivity index (χ1n) is 4.25. The molecular formula is C11H12O3. The standard InChI is InChI=1S/C11H12O3/c1-4-10(13)14-11(3)6-5-9(12)7-8(11)2/h4-7H,1H2,2-3H3. The third-order valence-electron chi connectivity index (χ3n) is 2.19. The van der Waals surface area contributed by atoms with Gasteiger partial charge in [-0.1, -0.05) is 6.58 Å². The molecule has 0 aromatic heterocycles. The third-order valence-corrected chi connectivity index (χ3v) is 2.19. The van der Waals surface area contributed by atoms with E-state index in [2.05, 4.69) is 6.58 Å². The van der Waals surface area contributed by atoms with Crippen LogP contribution in [0, 0.1) is 0 Å². The summed E-state index contributed by atoms with van der Waals surface area (Å²) >= 11 is 0. The summed E-state index contributed by atoms with van der Waals surface area (Å²) in [5, 5.41) is 0. The van der Waals surface area contributed by atoms with Crippen LogP contribution in [0.2, 0.25) is 0 Å². The van der Waals surface area contributed by atoms with Crippen LogP contribution in [-0.4, -0.2) is 17.4 Å². The van der Waals surface area contributed by atoms with Crippen LogP contribution in [0.5, 0.6) is 0 Å². The molecule has 0 amide bonds. The van der Waals surface area contributed by atoms with Gasteiger partial charge in [-0.25, -0.2) is 4.79 Å². The zero-order valence-electron chi connectivity index (χ0n) is 8.24. The monoisotopic (exact) mass is 192 g/mol. The molecule has 0 fully saturated rings. The largest absolute Gasteiger partial charge is 0.447 e. The maximum Gasteiger partial charge on any atom is 0.331 e. The first-order chi connectivity index (χ1) is 6.48. The van der Waals surface area contributed by atoms with Crippen molar-refractivity contribution < 1.29 is 14.3 Å². The van der Waals surface area contributed by atoms with Crippen LogP contribution in [0.25, 0.3) is 0 Å². The molecule has 0 heterocycles. The molecule has 0 saturated carbocycles. The molecule has 1 aliphatic carbocycles. The number of ketones is 1. The highest BCUT2D eigenvalue weighted by Gasteiger charge is 2.29. The lowest BCUT2D eigenvalue weighted by Crippen LogP contribution is -2.32. The molecule has 0 radical (unpaired) electrons. The fourth-order valence-electron chi connectivity index (χ4n) is 1.14. The SMILES string of the molecule is C=CC(=O)OC1(C)C=CC(=O)C=C1C. The number of ether oxygens (including phenoxy) is 1. The Balaban J connectivity index is 2.90. The Bertz CT molecular complexity index is 350. The Kier molecular flexibility index (Phi) is 2.70. The first-order valence-corrected chi connectivity index (χ1v) is 4.25. The van der Waals surface area contributed by atoms with E-state index in [9.17, 15) is 9.59 Å². The molecule has 0 aromatic carbocycles. The first kappa shape index (κ1) is 10.4. The highest BCUT2D eigenvalue weighted by molar-refractivity contribution is 6.01. The van der Waals surface area contributed by atoms with Crippen LogP contribution in [0.4, 0.5) is 0 Å². The molecule has 74 valence electrons. The molecule has 14 heavy (non-hydrogen) atoms. The summed E-state index contributed by atoms with van der Waals surface area (Å²) in [7, 11) is 0. The number of rotatable bonds is 2.